The van der Waals surface area contributed by atoms with E-state index in [1.54, 1.807) is 6.07 Å². The van der Waals surface area contributed by atoms with E-state index >= 15 is 0 Å². The molecule has 0 amide bonds. The van der Waals surface area contributed by atoms with Gasteiger partial charge in [0.1, 0.15) is 0 Å². The number of rotatable bonds is 4. The first kappa shape index (κ1) is 22.9. The molecule has 2 atom stereocenters. The normalized spacial score (nSPS) is 17.8. The van der Waals surface area contributed by atoms with Crippen LogP contribution in [0.3, 0.4) is 0 Å². The second-order valence-corrected chi connectivity index (χ2v) is 9.74. The molecule has 0 bridgehead atoms. The minimum atomic E-state index is -0.112. The zero-order valence-electron chi connectivity index (χ0n) is 19.1. The van der Waals surface area contributed by atoms with Crippen molar-refractivity contribution in [1.82, 2.24) is 14.9 Å². The van der Waals surface area contributed by atoms with Crippen molar-refractivity contribution < 1.29 is 0 Å². The lowest BCUT2D eigenvalue weighted by molar-refractivity contribution is 0.565. The standard InChI is InChI=1S/C27H24Cl2N4S/c1-16-10-12-19(13-11-16)33-26(25(31-27(33)34)22-8-4-5-14-30-22)20-15-17(2)32(18(20)3)23-9-6-7-21(28)24(23)29/h4-15,25-26H,1-3H3,(H,31,34)/t25-,26+/m0/s1. The van der Waals surface area contributed by atoms with Gasteiger partial charge in [0.25, 0.3) is 0 Å². The van der Waals surface area contributed by atoms with Crippen molar-refractivity contribution in [2.45, 2.75) is 32.9 Å². The van der Waals surface area contributed by atoms with Gasteiger partial charge in [0.05, 0.1) is 33.5 Å². The molecule has 172 valence electrons. The third-order valence-electron chi connectivity index (χ3n) is 6.37. The fraction of sp³-hybridized carbons (Fsp3) is 0.185. The summed E-state index contributed by atoms with van der Waals surface area (Å²) in [7, 11) is 0. The third kappa shape index (κ3) is 3.88. The molecule has 0 radical (unpaired) electrons. The lowest BCUT2D eigenvalue weighted by atomic mass is 9.96. The molecule has 5 rings (SSSR count). The lowest BCUT2D eigenvalue weighted by Gasteiger charge is -2.28. The molecule has 2 aromatic carbocycles. The van der Waals surface area contributed by atoms with E-state index in [0.29, 0.717) is 15.2 Å². The average molecular weight is 507 g/mol. The molecule has 7 heteroatoms. The van der Waals surface area contributed by atoms with Gasteiger partial charge in [-0.05, 0) is 81.0 Å². The number of hydrogen-bond donors (Lipinski definition) is 1. The number of pyridine rings is 1. The Morgan fingerprint density at radius 2 is 1.71 bits per heavy atom. The number of aryl methyl sites for hydroxylation is 2. The fourth-order valence-corrected chi connectivity index (χ4v) is 5.50. The Bertz CT molecular complexity index is 1370. The van der Waals surface area contributed by atoms with Crippen LogP contribution in [-0.4, -0.2) is 14.7 Å². The van der Waals surface area contributed by atoms with Crippen LogP contribution < -0.4 is 10.2 Å². The zero-order chi connectivity index (χ0) is 24.0. The largest absolute Gasteiger partial charge is 0.351 e. The van der Waals surface area contributed by atoms with Crippen molar-refractivity contribution >= 4 is 46.2 Å². The quantitative estimate of drug-likeness (QED) is 0.294. The van der Waals surface area contributed by atoms with E-state index in [1.165, 1.54) is 5.56 Å². The maximum Gasteiger partial charge on any atom is 0.174 e. The van der Waals surface area contributed by atoms with E-state index in [2.05, 4.69) is 70.9 Å². The number of halogens is 2. The minimum absolute atomic E-state index is 0.0944. The topological polar surface area (TPSA) is 33.1 Å². The molecule has 0 saturated carbocycles. The van der Waals surface area contributed by atoms with Gasteiger partial charge in [-0.15, -0.1) is 0 Å². The summed E-state index contributed by atoms with van der Waals surface area (Å²) in [5, 5.41) is 5.28. The summed E-state index contributed by atoms with van der Waals surface area (Å²) in [5.41, 5.74) is 7.34. The number of aromatic nitrogens is 2. The van der Waals surface area contributed by atoms with Crippen LogP contribution in [0.25, 0.3) is 5.69 Å². The predicted octanol–water partition coefficient (Wildman–Crippen LogP) is 7.28. The van der Waals surface area contributed by atoms with Crippen LogP contribution in [-0.2, 0) is 0 Å². The van der Waals surface area contributed by atoms with Crippen molar-refractivity contribution in [1.29, 1.82) is 0 Å². The Hall–Kier alpha value is -2.86. The van der Waals surface area contributed by atoms with Gasteiger partial charge in [0.15, 0.2) is 5.11 Å². The highest BCUT2D eigenvalue weighted by Gasteiger charge is 2.42. The Balaban J connectivity index is 1.70. The van der Waals surface area contributed by atoms with Crippen LogP contribution in [0.15, 0.2) is 72.9 Å². The number of nitrogens with one attached hydrogen (secondary N) is 1. The molecule has 0 spiro atoms. The maximum absolute atomic E-state index is 6.62. The van der Waals surface area contributed by atoms with Crippen molar-refractivity contribution in [2.75, 3.05) is 4.90 Å². The van der Waals surface area contributed by atoms with Crippen LogP contribution in [0.4, 0.5) is 5.69 Å². The summed E-state index contributed by atoms with van der Waals surface area (Å²) in [6.45, 7) is 6.28. The van der Waals surface area contributed by atoms with E-state index in [-0.39, 0.29) is 12.1 Å². The molecule has 0 unspecified atom stereocenters. The molecule has 34 heavy (non-hydrogen) atoms. The lowest BCUT2D eigenvalue weighted by Crippen LogP contribution is -2.29. The maximum atomic E-state index is 6.62. The molecular formula is C27H24Cl2N4S. The molecule has 1 saturated heterocycles. The molecule has 0 aliphatic carbocycles. The molecule has 4 nitrogen and oxygen atoms in total. The summed E-state index contributed by atoms with van der Waals surface area (Å²) >= 11 is 18.8. The van der Waals surface area contributed by atoms with E-state index < -0.39 is 0 Å². The van der Waals surface area contributed by atoms with Gasteiger partial charge in [-0.3, -0.25) is 4.98 Å². The van der Waals surface area contributed by atoms with Crippen molar-refractivity contribution in [3.05, 3.63) is 111 Å². The molecule has 1 aliphatic rings. The highest BCUT2D eigenvalue weighted by Crippen LogP contribution is 2.44. The molecule has 4 aromatic rings. The van der Waals surface area contributed by atoms with Crippen LogP contribution in [0.5, 0.6) is 0 Å². The van der Waals surface area contributed by atoms with Gasteiger partial charge in [-0.2, -0.15) is 0 Å². The summed E-state index contributed by atoms with van der Waals surface area (Å²) in [6.07, 6.45) is 1.82. The summed E-state index contributed by atoms with van der Waals surface area (Å²) in [4.78, 5) is 6.86. The van der Waals surface area contributed by atoms with E-state index in [1.807, 2.05) is 36.5 Å². The van der Waals surface area contributed by atoms with E-state index in [0.717, 1.165) is 34.0 Å². The van der Waals surface area contributed by atoms with Crippen molar-refractivity contribution in [2.24, 2.45) is 0 Å². The number of nitrogens with zero attached hydrogens (tertiary/aromatic N) is 3. The van der Waals surface area contributed by atoms with Gasteiger partial charge >= 0.3 is 0 Å². The average Bonchev–Trinajstić information content (AvgIpc) is 3.32. The minimum Gasteiger partial charge on any atom is -0.351 e. The number of thiocarbonyl (C=S) groups is 1. The Labute approximate surface area is 215 Å². The predicted molar refractivity (Wildman–Crippen MR) is 144 cm³/mol. The van der Waals surface area contributed by atoms with E-state index in [4.69, 9.17) is 35.4 Å². The molecule has 1 fully saturated rings. The van der Waals surface area contributed by atoms with Gasteiger partial charge in [0.2, 0.25) is 0 Å². The second kappa shape index (κ2) is 9.06. The smallest absolute Gasteiger partial charge is 0.174 e. The van der Waals surface area contributed by atoms with Crippen LogP contribution in [0.1, 0.15) is 40.3 Å². The molecule has 2 aromatic heterocycles. The van der Waals surface area contributed by atoms with Crippen molar-refractivity contribution in [3.63, 3.8) is 0 Å². The highest BCUT2D eigenvalue weighted by molar-refractivity contribution is 7.80. The van der Waals surface area contributed by atoms with Gasteiger partial charge in [-0.1, -0.05) is 53.0 Å². The Morgan fingerprint density at radius 1 is 0.941 bits per heavy atom. The third-order valence-corrected chi connectivity index (χ3v) is 7.49. The molecule has 1 aliphatic heterocycles. The zero-order valence-corrected chi connectivity index (χ0v) is 21.4. The monoisotopic (exact) mass is 506 g/mol. The molecule has 1 N–H and O–H groups in total. The summed E-state index contributed by atoms with van der Waals surface area (Å²) < 4.78 is 2.16. The second-order valence-electron chi connectivity index (χ2n) is 8.57. The first-order chi connectivity index (χ1) is 16.4. The first-order valence-corrected chi connectivity index (χ1v) is 12.2. The van der Waals surface area contributed by atoms with Gasteiger partial charge in [-0.25, -0.2) is 0 Å². The van der Waals surface area contributed by atoms with Crippen LogP contribution in [0, 0.1) is 20.8 Å². The SMILES string of the molecule is Cc1ccc(N2C(=S)N[C@@H](c3ccccn3)[C@H]2c2cc(C)n(-c3cccc(Cl)c3Cl)c2C)cc1. The first-order valence-electron chi connectivity index (χ1n) is 11.1. The highest BCUT2D eigenvalue weighted by atomic mass is 35.5. The number of anilines is 1. The summed E-state index contributed by atoms with van der Waals surface area (Å²) in [6, 6.07) is 22.1. The van der Waals surface area contributed by atoms with E-state index in [9.17, 15) is 0 Å². The van der Waals surface area contributed by atoms with Crippen LogP contribution >= 0.6 is 35.4 Å². The van der Waals surface area contributed by atoms with Crippen molar-refractivity contribution in [3.8, 4) is 5.69 Å². The molecular weight excluding hydrogens is 483 g/mol. The van der Waals surface area contributed by atoms with Gasteiger partial charge in [0, 0.05) is 23.3 Å². The Morgan fingerprint density at radius 3 is 2.41 bits per heavy atom. The van der Waals surface area contributed by atoms with Gasteiger partial charge < -0.3 is 14.8 Å². The Kier molecular flexibility index (Phi) is 6.11. The number of hydrogen-bond acceptors (Lipinski definition) is 2. The van der Waals surface area contributed by atoms with Crippen LogP contribution in [0.2, 0.25) is 10.0 Å². The number of benzene rings is 2. The summed E-state index contributed by atoms with van der Waals surface area (Å²) in [5.74, 6) is 0. The fourth-order valence-electron chi connectivity index (χ4n) is 4.78. The molecule has 3 heterocycles.